The van der Waals surface area contributed by atoms with E-state index in [1.165, 1.54) is 19.3 Å². The van der Waals surface area contributed by atoms with Crippen LogP contribution in [0.3, 0.4) is 0 Å². The molecule has 0 aliphatic carbocycles. The fourth-order valence-electron chi connectivity index (χ4n) is 1.96. The highest BCUT2D eigenvalue weighted by atomic mass is 16.1. The maximum absolute atomic E-state index is 11.7. The second-order valence-electron chi connectivity index (χ2n) is 4.66. The van der Waals surface area contributed by atoms with Gasteiger partial charge in [-0.05, 0) is 32.7 Å². The minimum atomic E-state index is 0.135. The number of piperidine rings is 1. The van der Waals surface area contributed by atoms with Crippen molar-refractivity contribution < 1.29 is 4.79 Å². The number of hydrogen-bond acceptors (Lipinski definition) is 2. The van der Waals surface area contributed by atoms with Gasteiger partial charge in [0, 0.05) is 18.0 Å². The molecule has 1 heterocycles. The Kier molecular flexibility index (Phi) is 5.09. The van der Waals surface area contributed by atoms with E-state index in [1.807, 2.05) is 13.8 Å². The van der Waals surface area contributed by atoms with Crippen LogP contribution >= 0.6 is 0 Å². The molecule has 0 radical (unpaired) electrons. The molecule has 2 N–H and O–H groups in total. The smallest absolute Gasteiger partial charge is 0.223 e. The summed E-state index contributed by atoms with van der Waals surface area (Å²) in [5.74, 6) is 0.327. The van der Waals surface area contributed by atoms with Crippen LogP contribution in [-0.2, 0) is 4.79 Å². The van der Waals surface area contributed by atoms with Gasteiger partial charge in [0.25, 0.3) is 0 Å². The number of rotatable bonds is 4. The van der Waals surface area contributed by atoms with Crippen molar-refractivity contribution in [1.29, 1.82) is 0 Å². The summed E-state index contributed by atoms with van der Waals surface area (Å²) in [6.45, 7) is 7.22. The van der Waals surface area contributed by atoms with Crippen LogP contribution in [0.25, 0.3) is 0 Å². The summed E-state index contributed by atoms with van der Waals surface area (Å²) in [4.78, 5) is 11.7. The van der Waals surface area contributed by atoms with Gasteiger partial charge in [-0.25, -0.2) is 0 Å². The van der Waals surface area contributed by atoms with Crippen LogP contribution in [0.5, 0.6) is 0 Å². The van der Waals surface area contributed by atoms with E-state index in [0.29, 0.717) is 6.04 Å². The molecule has 88 valence electrons. The molecule has 1 aliphatic rings. The zero-order valence-corrected chi connectivity index (χ0v) is 10.2. The topological polar surface area (TPSA) is 41.1 Å². The molecule has 3 nitrogen and oxygen atoms in total. The number of nitrogens with one attached hydrogen (secondary N) is 2. The largest absolute Gasteiger partial charge is 0.352 e. The van der Waals surface area contributed by atoms with Crippen LogP contribution in [0.1, 0.15) is 46.5 Å². The highest BCUT2D eigenvalue weighted by Crippen LogP contribution is 2.11. The van der Waals surface area contributed by atoms with Crippen LogP contribution < -0.4 is 10.6 Å². The van der Waals surface area contributed by atoms with Crippen LogP contribution in [0.2, 0.25) is 0 Å². The summed E-state index contributed by atoms with van der Waals surface area (Å²) in [6.07, 6.45) is 4.64. The van der Waals surface area contributed by atoms with Gasteiger partial charge < -0.3 is 10.6 Å². The lowest BCUT2D eigenvalue weighted by Crippen LogP contribution is -2.51. The Hall–Kier alpha value is -0.570. The second-order valence-corrected chi connectivity index (χ2v) is 4.66. The van der Waals surface area contributed by atoms with E-state index in [1.54, 1.807) is 0 Å². The Balaban J connectivity index is 2.33. The Morgan fingerprint density at radius 2 is 2.20 bits per heavy atom. The van der Waals surface area contributed by atoms with Gasteiger partial charge in [-0.2, -0.15) is 0 Å². The number of carbonyl (C=O) groups is 1. The average molecular weight is 212 g/mol. The summed E-state index contributed by atoms with van der Waals surface area (Å²) < 4.78 is 0. The summed E-state index contributed by atoms with van der Waals surface area (Å²) in [5, 5.41) is 6.57. The Labute approximate surface area is 93.0 Å². The minimum Gasteiger partial charge on any atom is -0.352 e. The van der Waals surface area contributed by atoms with Gasteiger partial charge >= 0.3 is 0 Å². The van der Waals surface area contributed by atoms with Gasteiger partial charge in [0.05, 0.1) is 0 Å². The lowest BCUT2D eigenvalue weighted by Gasteiger charge is -2.30. The Morgan fingerprint density at radius 3 is 2.73 bits per heavy atom. The molecule has 3 atom stereocenters. The third-order valence-electron chi connectivity index (χ3n) is 3.38. The normalized spacial score (nSPS) is 25.7. The van der Waals surface area contributed by atoms with Gasteiger partial charge in [-0.15, -0.1) is 0 Å². The number of hydrogen-bond donors (Lipinski definition) is 2. The molecular formula is C12H24N2O. The molecular weight excluding hydrogens is 188 g/mol. The molecule has 3 heteroatoms. The summed E-state index contributed by atoms with van der Waals surface area (Å²) in [6, 6.07) is 0.721. The minimum absolute atomic E-state index is 0.135. The van der Waals surface area contributed by atoms with E-state index in [0.717, 1.165) is 13.0 Å². The molecule has 1 rings (SSSR count). The van der Waals surface area contributed by atoms with Crippen molar-refractivity contribution >= 4 is 5.91 Å². The average Bonchev–Trinajstić information content (AvgIpc) is 2.29. The lowest BCUT2D eigenvalue weighted by atomic mass is 9.98. The zero-order chi connectivity index (χ0) is 11.3. The Bertz CT molecular complexity index is 200. The van der Waals surface area contributed by atoms with Crippen LogP contribution in [-0.4, -0.2) is 24.5 Å². The molecule has 0 bridgehead atoms. The number of carbonyl (C=O) groups excluding carboxylic acids is 1. The molecule has 0 aromatic heterocycles. The van der Waals surface area contributed by atoms with Crippen LogP contribution in [0, 0.1) is 5.92 Å². The van der Waals surface area contributed by atoms with E-state index < -0.39 is 0 Å². The molecule has 15 heavy (non-hydrogen) atoms. The number of amides is 1. The van der Waals surface area contributed by atoms with Crippen molar-refractivity contribution in [2.24, 2.45) is 5.92 Å². The third-order valence-corrected chi connectivity index (χ3v) is 3.38. The predicted octanol–water partition coefficient (Wildman–Crippen LogP) is 1.68. The monoisotopic (exact) mass is 212 g/mol. The fourth-order valence-corrected chi connectivity index (χ4v) is 1.96. The van der Waals surface area contributed by atoms with Crippen LogP contribution in [0.4, 0.5) is 0 Å². The molecule has 0 aromatic carbocycles. The molecule has 1 fully saturated rings. The van der Waals surface area contributed by atoms with Crippen molar-refractivity contribution in [2.75, 3.05) is 6.54 Å². The maximum atomic E-state index is 11.7. The molecule has 3 unspecified atom stereocenters. The maximum Gasteiger partial charge on any atom is 0.223 e. The summed E-state index contributed by atoms with van der Waals surface area (Å²) in [5.41, 5.74) is 0. The van der Waals surface area contributed by atoms with Gasteiger partial charge in [0.2, 0.25) is 5.91 Å². The zero-order valence-electron chi connectivity index (χ0n) is 10.2. The molecule has 1 saturated heterocycles. The van der Waals surface area contributed by atoms with Crippen molar-refractivity contribution in [3.05, 3.63) is 0 Å². The first-order valence-electron chi connectivity index (χ1n) is 6.19. The van der Waals surface area contributed by atoms with E-state index in [2.05, 4.69) is 17.6 Å². The van der Waals surface area contributed by atoms with Gasteiger partial charge in [0.1, 0.15) is 0 Å². The molecule has 1 aliphatic heterocycles. The first-order chi connectivity index (χ1) is 7.15. The molecule has 1 amide bonds. The molecule has 0 spiro atoms. The third kappa shape index (κ3) is 3.82. The van der Waals surface area contributed by atoms with E-state index in [9.17, 15) is 4.79 Å². The van der Waals surface area contributed by atoms with E-state index in [-0.39, 0.29) is 17.9 Å². The second kappa shape index (κ2) is 6.11. The molecule has 0 saturated carbocycles. The van der Waals surface area contributed by atoms with Gasteiger partial charge in [-0.1, -0.05) is 20.3 Å². The summed E-state index contributed by atoms with van der Waals surface area (Å²) in [7, 11) is 0. The van der Waals surface area contributed by atoms with Gasteiger partial charge in [0.15, 0.2) is 0 Å². The highest BCUT2D eigenvalue weighted by Gasteiger charge is 2.22. The Morgan fingerprint density at radius 1 is 1.47 bits per heavy atom. The first kappa shape index (κ1) is 12.5. The van der Waals surface area contributed by atoms with E-state index in [4.69, 9.17) is 0 Å². The van der Waals surface area contributed by atoms with Crippen molar-refractivity contribution in [3.8, 4) is 0 Å². The molecule has 0 aromatic rings. The van der Waals surface area contributed by atoms with E-state index >= 15 is 0 Å². The standard InChI is InChI=1S/C12H24N2O/c1-4-9(2)12(15)14-10(3)11-7-5-6-8-13-11/h9-11,13H,4-8H2,1-3H3,(H,14,15). The quantitative estimate of drug-likeness (QED) is 0.744. The SMILES string of the molecule is CCC(C)C(=O)NC(C)C1CCCCN1. The van der Waals surface area contributed by atoms with Gasteiger partial charge in [-0.3, -0.25) is 4.79 Å². The lowest BCUT2D eigenvalue weighted by molar-refractivity contribution is -0.125. The van der Waals surface area contributed by atoms with Crippen molar-refractivity contribution in [3.63, 3.8) is 0 Å². The van der Waals surface area contributed by atoms with Crippen molar-refractivity contribution in [2.45, 2.75) is 58.5 Å². The highest BCUT2D eigenvalue weighted by molar-refractivity contribution is 5.78. The predicted molar refractivity (Wildman–Crippen MR) is 62.7 cm³/mol. The van der Waals surface area contributed by atoms with Crippen molar-refractivity contribution in [1.82, 2.24) is 10.6 Å². The first-order valence-corrected chi connectivity index (χ1v) is 6.19. The fraction of sp³-hybridized carbons (Fsp3) is 0.917. The van der Waals surface area contributed by atoms with Crippen LogP contribution in [0.15, 0.2) is 0 Å². The summed E-state index contributed by atoms with van der Waals surface area (Å²) >= 11 is 0.